The van der Waals surface area contributed by atoms with E-state index in [9.17, 15) is 0 Å². The van der Waals surface area contributed by atoms with Crippen LogP contribution in [0.5, 0.6) is 0 Å². The molecule has 4 heteroatoms. The van der Waals surface area contributed by atoms with Crippen LogP contribution in [0.4, 0.5) is 5.82 Å². The lowest BCUT2D eigenvalue weighted by molar-refractivity contribution is 0.209. The van der Waals surface area contributed by atoms with Gasteiger partial charge in [-0.2, -0.15) is 5.10 Å². The molecule has 0 atom stereocenters. The van der Waals surface area contributed by atoms with Gasteiger partial charge in [0.15, 0.2) is 0 Å². The monoisotopic (exact) mass is 238 g/mol. The molecule has 4 nitrogen and oxygen atoms in total. The second-order valence-corrected chi connectivity index (χ2v) is 5.55. The summed E-state index contributed by atoms with van der Waals surface area (Å²) in [6, 6.07) is 1.84. The van der Waals surface area contributed by atoms with Gasteiger partial charge in [-0.25, -0.2) is 0 Å². The predicted octanol–water partition coefficient (Wildman–Crippen LogP) is 2.08. The fourth-order valence-electron chi connectivity index (χ4n) is 2.04. The second kappa shape index (κ2) is 6.64. The highest BCUT2D eigenvalue weighted by atomic mass is 15.3. The lowest BCUT2D eigenvalue weighted by Crippen LogP contribution is -2.34. The van der Waals surface area contributed by atoms with Crippen LogP contribution in [-0.2, 0) is 6.54 Å². The molecule has 1 aromatic heterocycles. The van der Waals surface area contributed by atoms with Crippen LogP contribution >= 0.6 is 0 Å². The minimum Gasteiger partial charge on any atom is -0.382 e. The second-order valence-electron chi connectivity index (χ2n) is 5.55. The van der Waals surface area contributed by atoms with Crippen molar-refractivity contribution >= 4 is 5.82 Å². The van der Waals surface area contributed by atoms with Crippen molar-refractivity contribution in [1.82, 2.24) is 14.7 Å². The van der Waals surface area contributed by atoms with Gasteiger partial charge in [0.25, 0.3) is 0 Å². The van der Waals surface area contributed by atoms with Gasteiger partial charge in [-0.05, 0) is 17.9 Å². The third-order valence-electron chi connectivity index (χ3n) is 2.55. The van der Waals surface area contributed by atoms with E-state index in [2.05, 4.69) is 37.7 Å². The van der Waals surface area contributed by atoms with Crippen molar-refractivity contribution in [3.8, 4) is 0 Å². The number of aromatic nitrogens is 2. The third-order valence-corrected chi connectivity index (χ3v) is 2.55. The minimum atomic E-state index is 0.601. The van der Waals surface area contributed by atoms with Crippen LogP contribution in [0.15, 0.2) is 12.3 Å². The van der Waals surface area contributed by atoms with Gasteiger partial charge in [0.05, 0.1) is 6.54 Å². The van der Waals surface area contributed by atoms with Gasteiger partial charge in [-0.15, -0.1) is 0 Å². The molecule has 0 aromatic carbocycles. The topological polar surface area (TPSA) is 47.1 Å². The number of anilines is 1. The molecule has 0 spiro atoms. The van der Waals surface area contributed by atoms with Crippen LogP contribution < -0.4 is 5.73 Å². The average Bonchev–Trinajstić information content (AvgIpc) is 2.59. The zero-order valence-electron chi connectivity index (χ0n) is 11.6. The number of nitrogens with two attached hydrogens (primary N) is 1. The molecule has 0 unspecified atom stereocenters. The molecule has 0 saturated carbocycles. The van der Waals surface area contributed by atoms with Crippen LogP contribution in [0.3, 0.4) is 0 Å². The van der Waals surface area contributed by atoms with E-state index in [1.54, 1.807) is 0 Å². The molecule has 0 fully saturated rings. The van der Waals surface area contributed by atoms with E-state index in [-0.39, 0.29) is 0 Å². The SMILES string of the molecule is CC(C)CN(CCn1ccc(N)n1)CC(C)C. The van der Waals surface area contributed by atoms with Crippen LogP contribution in [0.25, 0.3) is 0 Å². The van der Waals surface area contributed by atoms with Crippen LogP contribution in [0, 0.1) is 11.8 Å². The van der Waals surface area contributed by atoms with Gasteiger partial charge >= 0.3 is 0 Å². The summed E-state index contributed by atoms with van der Waals surface area (Å²) in [6.45, 7) is 13.3. The molecule has 17 heavy (non-hydrogen) atoms. The van der Waals surface area contributed by atoms with E-state index in [1.807, 2.05) is 16.9 Å². The van der Waals surface area contributed by atoms with Gasteiger partial charge in [0.1, 0.15) is 5.82 Å². The Morgan fingerprint density at radius 1 is 1.24 bits per heavy atom. The van der Waals surface area contributed by atoms with E-state index in [1.165, 1.54) is 0 Å². The first-order valence-corrected chi connectivity index (χ1v) is 6.48. The fourth-order valence-corrected chi connectivity index (χ4v) is 2.04. The smallest absolute Gasteiger partial charge is 0.145 e. The summed E-state index contributed by atoms with van der Waals surface area (Å²) in [4.78, 5) is 2.51. The highest BCUT2D eigenvalue weighted by molar-refractivity contribution is 5.23. The summed E-state index contributed by atoms with van der Waals surface area (Å²) in [5.74, 6) is 2.01. The lowest BCUT2D eigenvalue weighted by atomic mass is 10.1. The number of hydrogen-bond donors (Lipinski definition) is 1. The van der Waals surface area contributed by atoms with Crippen molar-refractivity contribution in [1.29, 1.82) is 0 Å². The lowest BCUT2D eigenvalue weighted by Gasteiger charge is -2.25. The summed E-state index contributed by atoms with van der Waals surface area (Å²) in [6.07, 6.45) is 1.94. The standard InChI is InChI=1S/C13H26N4/c1-11(2)9-16(10-12(3)4)7-8-17-6-5-13(14)15-17/h5-6,11-12H,7-10H2,1-4H3,(H2,14,15). The van der Waals surface area contributed by atoms with Crippen molar-refractivity contribution in [3.05, 3.63) is 12.3 Å². The van der Waals surface area contributed by atoms with Crippen LogP contribution in [0.1, 0.15) is 27.7 Å². The molecule has 0 aliphatic carbocycles. The van der Waals surface area contributed by atoms with Gasteiger partial charge in [-0.1, -0.05) is 27.7 Å². The summed E-state index contributed by atoms with van der Waals surface area (Å²) in [5, 5.41) is 4.21. The van der Waals surface area contributed by atoms with Crippen molar-refractivity contribution in [3.63, 3.8) is 0 Å². The van der Waals surface area contributed by atoms with Gasteiger partial charge in [0, 0.05) is 25.8 Å². The Balaban J connectivity index is 2.42. The summed E-state index contributed by atoms with van der Waals surface area (Å²) < 4.78 is 1.92. The maximum Gasteiger partial charge on any atom is 0.145 e. The molecular formula is C13H26N4. The molecular weight excluding hydrogens is 212 g/mol. The van der Waals surface area contributed by atoms with E-state index in [4.69, 9.17) is 5.73 Å². The number of nitrogens with zero attached hydrogens (tertiary/aromatic N) is 3. The Kier molecular flexibility index (Phi) is 5.48. The van der Waals surface area contributed by atoms with Crippen molar-refractivity contribution in [2.45, 2.75) is 34.2 Å². The number of hydrogen-bond acceptors (Lipinski definition) is 3. The summed E-state index contributed by atoms with van der Waals surface area (Å²) in [7, 11) is 0. The van der Waals surface area contributed by atoms with E-state index >= 15 is 0 Å². The Morgan fingerprint density at radius 3 is 2.24 bits per heavy atom. The first kappa shape index (κ1) is 14.0. The number of rotatable bonds is 7. The summed E-state index contributed by atoms with van der Waals surface area (Å²) in [5.41, 5.74) is 5.60. The highest BCUT2D eigenvalue weighted by Crippen LogP contribution is 2.04. The van der Waals surface area contributed by atoms with Crippen LogP contribution in [0.2, 0.25) is 0 Å². The molecule has 0 saturated heterocycles. The highest BCUT2D eigenvalue weighted by Gasteiger charge is 2.09. The third kappa shape index (κ3) is 5.73. The molecule has 1 heterocycles. The Labute approximate surface area is 105 Å². The van der Waals surface area contributed by atoms with Gasteiger partial charge in [0.2, 0.25) is 0 Å². The maximum absolute atomic E-state index is 5.60. The normalized spacial score (nSPS) is 11.9. The maximum atomic E-state index is 5.60. The fraction of sp³-hybridized carbons (Fsp3) is 0.769. The van der Waals surface area contributed by atoms with Crippen molar-refractivity contribution < 1.29 is 0 Å². The quantitative estimate of drug-likeness (QED) is 0.791. The number of nitrogen functional groups attached to an aromatic ring is 1. The Bertz CT molecular complexity index is 307. The largest absolute Gasteiger partial charge is 0.382 e. The molecule has 1 rings (SSSR count). The van der Waals surface area contributed by atoms with Crippen molar-refractivity contribution in [2.24, 2.45) is 11.8 Å². The molecule has 0 amide bonds. The molecule has 0 aliphatic heterocycles. The molecule has 1 aromatic rings. The summed E-state index contributed by atoms with van der Waals surface area (Å²) >= 11 is 0. The zero-order valence-corrected chi connectivity index (χ0v) is 11.6. The van der Waals surface area contributed by atoms with Gasteiger partial charge in [-0.3, -0.25) is 4.68 Å². The van der Waals surface area contributed by atoms with E-state index < -0.39 is 0 Å². The van der Waals surface area contributed by atoms with Crippen molar-refractivity contribution in [2.75, 3.05) is 25.4 Å². The first-order chi connectivity index (χ1) is 7.97. The first-order valence-electron chi connectivity index (χ1n) is 6.48. The zero-order chi connectivity index (χ0) is 12.8. The van der Waals surface area contributed by atoms with Crippen LogP contribution in [-0.4, -0.2) is 34.3 Å². The van der Waals surface area contributed by atoms with Gasteiger partial charge < -0.3 is 10.6 Å². The Morgan fingerprint density at radius 2 is 1.82 bits per heavy atom. The predicted molar refractivity (Wildman–Crippen MR) is 72.8 cm³/mol. The molecule has 0 bridgehead atoms. The molecule has 2 N–H and O–H groups in total. The molecule has 0 aliphatic rings. The van der Waals surface area contributed by atoms with E-state index in [0.717, 1.165) is 26.2 Å². The van der Waals surface area contributed by atoms with E-state index in [0.29, 0.717) is 17.7 Å². The molecule has 0 radical (unpaired) electrons. The molecule has 98 valence electrons. The Hall–Kier alpha value is -1.03. The average molecular weight is 238 g/mol. The minimum absolute atomic E-state index is 0.601.